The van der Waals surface area contributed by atoms with Crippen molar-refractivity contribution < 1.29 is 28.5 Å². The first-order valence-corrected chi connectivity index (χ1v) is 12.3. The fourth-order valence-corrected chi connectivity index (χ4v) is 5.17. The number of carbonyl (C=O) groups excluding carboxylic acids is 1. The van der Waals surface area contributed by atoms with Crippen LogP contribution in [0.15, 0.2) is 91.0 Å². The van der Waals surface area contributed by atoms with Crippen molar-refractivity contribution in [2.75, 3.05) is 13.2 Å². The van der Waals surface area contributed by atoms with Gasteiger partial charge in [0.25, 0.3) is 0 Å². The number of hydrogen-bond acceptors (Lipinski definition) is 6. The molecule has 0 N–H and O–H groups in total. The summed E-state index contributed by atoms with van der Waals surface area (Å²) in [6, 6.07) is 30.4. The molecule has 2 heterocycles. The van der Waals surface area contributed by atoms with Crippen LogP contribution < -0.4 is 0 Å². The highest BCUT2D eigenvalue weighted by molar-refractivity contribution is 5.66. The van der Waals surface area contributed by atoms with E-state index < -0.39 is 29.7 Å². The molecule has 2 saturated heterocycles. The summed E-state index contributed by atoms with van der Waals surface area (Å²) in [6.45, 7) is 5.63. The van der Waals surface area contributed by atoms with Gasteiger partial charge in [-0.05, 0) is 30.5 Å². The lowest BCUT2D eigenvalue weighted by molar-refractivity contribution is -0.300. The molecule has 0 radical (unpaired) electrons. The van der Waals surface area contributed by atoms with Gasteiger partial charge in [0.1, 0.15) is 23.9 Å². The molecule has 3 aromatic rings. The Morgan fingerprint density at radius 1 is 0.889 bits per heavy atom. The van der Waals surface area contributed by atoms with Crippen LogP contribution in [-0.2, 0) is 34.1 Å². The highest BCUT2D eigenvalue weighted by atomic mass is 16.7. The van der Waals surface area contributed by atoms with Gasteiger partial charge in [0, 0.05) is 6.92 Å². The second-order valence-electron chi connectivity index (χ2n) is 9.67. The normalized spacial score (nSPS) is 25.2. The first-order valence-electron chi connectivity index (χ1n) is 12.3. The fraction of sp³-hybridized carbons (Fsp3) is 0.367. The van der Waals surface area contributed by atoms with Crippen LogP contribution in [0.1, 0.15) is 37.5 Å². The summed E-state index contributed by atoms with van der Waals surface area (Å²) in [4.78, 5) is 12.0. The third-order valence-corrected chi connectivity index (χ3v) is 6.73. The van der Waals surface area contributed by atoms with E-state index in [4.69, 9.17) is 23.7 Å². The van der Waals surface area contributed by atoms with Crippen molar-refractivity contribution in [3.05, 3.63) is 108 Å². The summed E-state index contributed by atoms with van der Waals surface area (Å²) in [5.74, 6) is -1.18. The molecule has 188 valence electrons. The number of benzene rings is 3. The fourth-order valence-electron chi connectivity index (χ4n) is 5.17. The number of rotatable bonds is 7. The largest absolute Gasteiger partial charge is 0.457 e. The molecule has 0 amide bonds. The van der Waals surface area contributed by atoms with E-state index in [1.807, 2.05) is 68.4 Å². The third-order valence-electron chi connectivity index (χ3n) is 6.73. The first kappa shape index (κ1) is 24.7. The second-order valence-corrected chi connectivity index (χ2v) is 9.67. The van der Waals surface area contributed by atoms with Crippen molar-refractivity contribution in [2.24, 2.45) is 0 Å². The Morgan fingerprint density at radius 2 is 1.39 bits per heavy atom. The maximum atomic E-state index is 12.0. The van der Waals surface area contributed by atoms with Crippen LogP contribution in [0.4, 0.5) is 0 Å². The Kier molecular flexibility index (Phi) is 6.95. The zero-order valence-corrected chi connectivity index (χ0v) is 20.8. The first-order chi connectivity index (χ1) is 17.4. The van der Waals surface area contributed by atoms with Gasteiger partial charge in [0.2, 0.25) is 0 Å². The molecule has 2 fully saturated rings. The van der Waals surface area contributed by atoms with Crippen molar-refractivity contribution in [3.8, 4) is 0 Å². The molecule has 4 atom stereocenters. The summed E-state index contributed by atoms with van der Waals surface area (Å²) in [7, 11) is 0. The highest BCUT2D eigenvalue weighted by Gasteiger charge is 2.53. The lowest BCUT2D eigenvalue weighted by Crippen LogP contribution is -2.51. The van der Waals surface area contributed by atoms with E-state index in [0.29, 0.717) is 6.61 Å². The molecule has 6 nitrogen and oxygen atoms in total. The smallest absolute Gasteiger partial charge is 0.303 e. The molecule has 36 heavy (non-hydrogen) atoms. The van der Waals surface area contributed by atoms with Crippen molar-refractivity contribution in [1.82, 2.24) is 0 Å². The predicted molar refractivity (Wildman–Crippen MR) is 134 cm³/mol. The minimum Gasteiger partial charge on any atom is -0.457 e. The molecule has 0 unspecified atom stereocenters. The number of carbonyl (C=O) groups is 1. The zero-order valence-electron chi connectivity index (χ0n) is 20.8. The van der Waals surface area contributed by atoms with Crippen LogP contribution >= 0.6 is 0 Å². The maximum Gasteiger partial charge on any atom is 0.303 e. The van der Waals surface area contributed by atoms with Crippen molar-refractivity contribution in [2.45, 2.75) is 56.6 Å². The Balaban J connectivity index is 1.53. The van der Waals surface area contributed by atoms with Crippen LogP contribution in [0.5, 0.6) is 0 Å². The van der Waals surface area contributed by atoms with E-state index >= 15 is 0 Å². The molecular weight excluding hydrogens is 456 g/mol. The second kappa shape index (κ2) is 10.1. The van der Waals surface area contributed by atoms with Crippen molar-refractivity contribution >= 4 is 5.97 Å². The SMILES string of the molecule is CC(=O)O[C@H]1[C@@H]2OC(C)(C)OC[C@@H]2O[C@@H]1COC(c1ccccc1)(c1ccccc1)c1ccccc1. The van der Waals surface area contributed by atoms with Gasteiger partial charge in [0.05, 0.1) is 13.2 Å². The summed E-state index contributed by atoms with van der Waals surface area (Å²) < 4.78 is 30.9. The van der Waals surface area contributed by atoms with Gasteiger partial charge in [0.15, 0.2) is 11.9 Å². The van der Waals surface area contributed by atoms with E-state index in [1.165, 1.54) is 6.92 Å². The number of hydrogen-bond donors (Lipinski definition) is 0. The van der Waals surface area contributed by atoms with E-state index in [9.17, 15) is 4.79 Å². The molecular formula is C30H32O6. The molecule has 3 aromatic carbocycles. The minimum atomic E-state index is -0.904. The lowest BCUT2D eigenvalue weighted by Gasteiger charge is -2.38. The van der Waals surface area contributed by atoms with Crippen molar-refractivity contribution in [1.29, 1.82) is 0 Å². The molecule has 0 bridgehead atoms. The molecule has 2 aliphatic rings. The average Bonchev–Trinajstić information content (AvgIpc) is 3.21. The molecule has 0 spiro atoms. The lowest BCUT2D eigenvalue weighted by atomic mass is 9.80. The van der Waals surface area contributed by atoms with E-state index in [0.717, 1.165) is 16.7 Å². The van der Waals surface area contributed by atoms with Crippen LogP contribution in [0.2, 0.25) is 0 Å². The van der Waals surface area contributed by atoms with Crippen LogP contribution in [0.25, 0.3) is 0 Å². The Morgan fingerprint density at radius 3 is 1.86 bits per heavy atom. The quantitative estimate of drug-likeness (QED) is 0.350. The molecule has 0 aromatic heterocycles. The van der Waals surface area contributed by atoms with Gasteiger partial charge < -0.3 is 23.7 Å². The van der Waals surface area contributed by atoms with Gasteiger partial charge in [-0.2, -0.15) is 0 Å². The molecule has 6 heteroatoms. The summed E-state index contributed by atoms with van der Waals surface area (Å²) in [5.41, 5.74) is 2.06. The molecule has 2 aliphatic heterocycles. The third kappa shape index (κ3) is 4.82. The van der Waals surface area contributed by atoms with Crippen LogP contribution in [0, 0.1) is 0 Å². The maximum absolute atomic E-state index is 12.0. The Bertz CT molecular complexity index is 1050. The average molecular weight is 489 g/mol. The van der Waals surface area contributed by atoms with E-state index in [-0.39, 0.29) is 18.7 Å². The Labute approximate surface area is 212 Å². The van der Waals surface area contributed by atoms with Gasteiger partial charge in [-0.3, -0.25) is 4.79 Å². The van der Waals surface area contributed by atoms with E-state index in [1.54, 1.807) is 0 Å². The summed E-state index contributed by atoms with van der Waals surface area (Å²) in [6.07, 6.45) is -1.94. The van der Waals surface area contributed by atoms with Gasteiger partial charge in [-0.1, -0.05) is 91.0 Å². The summed E-state index contributed by atoms with van der Waals surface area (Å²) in [5, 5.41) is 0. The molecule has 0 saturated carbocycles. The standard InChI is InChI=1S/C30H32O6/c1-21(31)34-27-25(35-26-19-32-29(2,3)36-28(26)27)20-33-30(22-13-7-4-8-14-22,23-15-9-5-10-16-23)24-17-11-6-12-18-24/h4-18,25-28H,19-20H2,1-3H3/t25-,26+,27-,28-/m1/s1. The van der Waals surface area contributed by atoms with Gasteiger partial charge in [-0.15, -0.1) is 0 Å². The predicted octanol–water partition coefficient (Wildman–Crippen LogP) is 4.85. The van der Waals surface area contributed by atoms with Crippen molar-refractivity contribution in [3.63, 3.8) is 0 Å². The zero-order chi connectivity index (χ0) is 25.2. The topological polar surface area (TPSA) is 63.2 Å². The van der Waals surface area contributed by atoms with Gasteiger partial charge >= 0.3 is 5.97 Å². The molecule has 5 rings (SSSR count). The number of fused-ring (bicyclic) bond motifs is 1. The molecule has 0 aliphatic carbocycles. The van der Waals surface area contributed by atoms with Gasteiger partial charge in [-0.25, -0.2) is 0 Å². The monoisotopic (exact) mass is 488 g/mol. The summed E-state index contributed by atoms with van der Waals surface area (Å²) >= 11 is 0. The minimum absolute atomic E-state index is 0.174. The number of ether oxygens (including phenoxy) is 5. The van der Waals surface area contributed by atoms with E-state index in [2.05, 4.69) is 36.4 Å². The van der Waals surface area contributed by atoms with Crippen LogP contribution in [-0.4, -0.2) is 49.4 Å². The van der Waals surface area contributed by atoms with Crippen LogP contribution in [0.3, 0.4) is 0 Å². The number of esters is 1. The Hall–Kier alpha value is -3.03. The highest BCUT2D eigenvalue weighted by Crippen LogP contribution is 2.42.